The van der Waals surface area contributed by atoms with Gasteiger partial charge in [0.15, 0.2) is 0 Å². The van der Waals surface area contributed by atoms with Crippen molar-refractivity contribution in [1.29, 1.82) is 0 Å². The zero-order valence-corrected chi connectivity index (χ0v) is 18.0. The van der Waals surface area contributed by atoms with Crippen molar-refractivity contribution >= 4 is 11.8 Å². The quantitative estimate of drug-likeness (QED) is 0.616. The number of aryl methyl sites for hydroxylation is 1. The van der Waals surface area contributed by atoms with Crippen LogP contribution in [0.3, 0.4) is 0 Å². The number of aromatic nitrogens is 2. The summed E-state index contributed by atoms with van der Waals surface area (Å²) in [6.07, 6.45) is 0. The molecular weight excluding hydrogens is 390 g/mol. The summed E-state index contributed by atoms with van der Waals surface area (Å²) in [7, 11) is 3.54. The Morgan fingerprint density at radius 1 is 1.10 bits per heavy atom. The number of carbonyl (C=O) groups is 1. The Balaban J connectivity index is 1.44. The minimum atomic E-state index is -0.220. The number of rotatable bonds is 7. The van der Waals surface area contributed by atoms with E-state index in [9.17, 15) is 4.79 Å². The van der Waals surface area contributed by atoms with Gasteiger partial charge in [-0.3, -0.25) is 14.9 Å². The molecule has 0 unspecified atom stereocenters. The Bertz CT molecular complexity index is 990. The number of nitrogens with zero attached hydrogens (tertiary/aromatic N) is 3. The van der Waals surface area contributed by atoms with Crippen LogP contribution in [-0.2, 0) is 11.8 Å². The molecule has 1 aromatic heterocycles. The van der Waals surface area contributed by atoms with Gasteiger partial charge in [0.05, 0.1) is 18.3 Å². The Hall–Kier alpha value is -3.16. The van der Waals surface area contributed by atoms with Gasteiger partial charge >= 0.3 is 6.03 Å². The molecule has 2 heterocycles. The Morgan fingerprint density at radius 2 is 1.81 bits per heavy atom. The van der Waals surface area contributed by atoms with Gasteiger partial charge in [-0.2, -0.15) is 5.10 Å². The third-order valence-electron chi connectivity index (χ3n) is 5.74. The van der Waals surface area contributed by atoms with E-state index in [-0.39, 0.29) is 18.0 Å². The fourth-order valence-corrected chi connectivity index (χ4v) is 4.13. The molecule has 0 radical (unpaired) electrons. The Labute approximate surface area is 183 Å². The van der Waals surface area contributed by atoms with Gasteiger partial charge in [0.25, 0.3) is 0 Å². The zero-order valence-electron chi connectivity index (χ0n) is 18.0. The van der Waals surface area contributed by atoms with Crippen molar-refractivity contribution in [3.8, 4) is 11.3 Å². The first-order valence-corrected chi connectivity index (χ1v) is 10.6. The molecule has 0 aliphatic carbocycles. The van der Waals surface area contributed by atoms with Crippen LogP contribution < -0.4 is 10.6 Å². The summed E-state index contributed by atoms with van der Waals surface area (Å²) in [5, 5.41) is 10.7. The summed E-state index contributed by atoms with van der Waals surface area (Å²) in [5.41, 5.74) is 3.08. The van der Waals surface area contributed by atoms with Crippen LogP contribution in [0, 0.1) is 0 Å². The van der Waals surface area contributed by atoms with Gasteiger partial charge in [0, 0.05) is 51.3 Å². The van der Waals surface area contributed by atoms with Crippen LogP contribution in [0.4, 0.5) is 10.6 Å². The zero-order chi connectivity index (χ0) is 21.6. The first-order chi connectivity index (χ1) is 15.1. The Morgan fingerprint density at radius 3 is 2.52 bits per heavy atom. The van der Waals surface area contributed by atoms with Crippen LogP contribution in [0.2, 0.25) is 0 Å². The lowest BCUT2D eigenvalue weighted by molar-refractivity contribution is 0.159. The largest absolute Gasteiger partial charge is 0.383 e. The Kier molecular flexibility index (Phi) is 6.64. The van der Waals surface area contributed by atoms with Gasteiger partial charge < -0.3 is 10.1 Å². The number of likely N-dealkylation sites (tertiary alicyclic amines) is 1. The van der Waals surface area contributed by atoms with E-state index in [1.54, 1.807) is 11.8 Å². The number of carbonyl (C=O) groups excluding carboxylic acids is 1. The second kappa shape index (κ2) is 9.76. The highest BCUT2D eigenvalue weighted by molar-refractivity contribution is 5.89. The van der Waals surface area contributed by atoms with Crippen LogP contribution in [0.15, 0.2) is 66.7 Å². The number of hydrogen-bond donors (Lipinski definition) is 2. The van der Waals surface area contributed by atoms with Crippen LogP contribution >= 0.6 is 0 Å². The monoisotopic (exact) mass is 419 g/mol. The van der Waals surface area contributed by atoms with E-state index in [1.165, 1.54) is 5.56 Å². The topological polar surface area (TPSA) is 71.4 Å². The van der Waals surface area contributed by atoms with E-state index in [4.69, 9.17) is 4.74 Å². The maximum Gasteiger partial charge on any atom is 0.320 e. The standard InChI is InChI=1S/C24H29N5O2/c1-28-23(15-21(27-28)19-11-7-4-8-12-19)26-24(30)25-22-17-29(13-14-31-2)16-20(22)18-9-5-3-6-10-18/h3-12,15,20,22H,13-14,16-17H2,1-2H3,(H2,25,26,30)/t20-,22+/m0/s1. The first kappa shape index (κ1) is 21.1. The summed E-state index contributed by atoms with van der Waals surface area (Å²) in [6, 6.07) is 22.0. The van der Waals surface area contributed by atoms with Gasteiger partial charge in [-0.25, -0.2) is 4.79 Å². The predicted molar refractivity (Wildman–Crippen MR) is 122 cm³/mol. The van der Waals surface area contributed by atoms with Crippen LogP contribution in [0.25, 0.3) is 11.3 Å². The lowest BCUT2D eigenvalue weighted by Gasteiger charge is -2.20. The van der Waals surface area contributed by atoms with Crippen molar-refractivity contribution in [3.63, 3.8) is 0 Å². The maximum atomic E-state index is 12.9. The number of benzene rings is 2. The molecule has 2 atom stereocenters. The molecule has 3 aromatic rings. The predicted octanol–water partition coefficient (Wildman–Crippen LogP) is 3.32. The molecule has 2 N–H and O–H groups in total. The summed E-state index contributed by atoms with van der Waals surface area (Å²) >= 11 is 0. The number of hydrogen-bond acceptors (Lipinski definition) is 4. The number of amides is 2. The number of ether oxygens (including phenoxy) is 1. The molecule has 4 rings (SSSR count). The van der Waals surface area contributed by atoms with E-state index in [1.807, 2.05) is 61.6 Å². The number of urea groups is 1. The fourth-order valence-electron chi connectivity index (χ4n) is 4.13. The highest BCUT2D eigenvalue weighted by atomic mass is 16.5. The third-order valence-corrected chi connectivity index (χ3v) is 5.74. The average Bonchev–Trinajstić information content (AvgIpc) is 3.36. The van der Waals surface area contributed by atoms with Crippen molar-refractivity contribution in [2.45, 2.75) is 12.0 Å². The molecule has 0 saturated carbocycles. The highest BCUT2D eigenvalue weighted by Gasteiger charge is 2.34. The maximum absolute atomic E-state index is 12.9. The molecule has 1 aliphatic heterocycles. The molecule has 7 nitrogen and oxygen atoms in total. The lowest BCUT2D eigenvalue weighted by Crippen LogP contribution is -2.42. The molecule has 2 aromatic carbocycles. The fraction of sp³-hybridized carbons (Fsp3) is 0.333. The van der Waals surface area contributed by atoms with Crippen molar-refractivity contribution in [1.82, 2.24) is 20.0 Å². The second-order valence-corrected chi connectivity index (χ2v) is 7.88. The molecule has 1 aliphatic rings. The van der Waals surface area contributed by atoms with Crippen molar-refractivity contribution in [2.24, 2.45) is 7.05 Å². The molecule has 1 fully saturated rings. The molecule has 7 heteroatoms. The van der Waals surface area contributed by atoms with Crippen LogP contribution in [0.1, 0.15) is 11.5 Å². The van der Waals surface area contributed by atoms with Gasteiger partial charge in [0.2, 0.25) is 0 Å². The van der Waals surface area contributed by atoms with Gasteiger partial charge in [0.1, 0.15) is 5.82 Å². The van der Waals surface area contributed by atoms with E-state index in [0.29, 0.717) is 12.4 Å². The number of nitrogens with one attached hydrogen (secondary N) is 2. The molecule has 1 saturated heterocycles. The summed E-state index contributed by atoms with van der Waals surface area (Å²) in [6.45, 7) is 3.21. The summed E-state index contributed by atoms with van der Waals surface area (Å²) in [5.74, 6) is 0.886. The summed E-state index contributed by atoms with van der Waals surface area (Å²) in [4.78, 5) is 15.2. The average molecular weight is 420 g/mol. The van der Waals surface area contributed by atoms with E-state index < -0.39 is 0 Å². The minimum absolute atomic E-state index is 0.0149. The van der Waals surface area contributed by atoms with Gasteiger partial charge in [-0.15, -0.1) is 0 Å². The third kappa shape index (κ3) is 5.13. The van der Waals surface area contributed by atoms with Crippen LogP contribution in [0.5, 0.6) is 0 Å². The minimum Gasteiger partial charge on any atom is -0.383 e. The van der Waals surface area contributed by atoms with Gasteiger partial charge in [-0.05, 0) is 5.56 Å². The molecule has 0 spiro atoms. The summed E-state index contributed by atoms with van der Waals surface area (Å²) < 4.78 is 6.93. The smallest absolute Gasteiger partial charge is 0.320 e. The highest BCUT2D eigenvalue weighted by Crippen LogP contribution is 2.28. The van der Waals surface area contributed by atoms with E-state index in [2.05, 4.69) is 32.8 Å². The number of anilines is 1. The number of methoxy groups -OCH3 is 1. The van der Waals surface area contributed by atoms with Crippen molar-refractivity contribution in [3.05, 3.63) is 72.3 Å². The lowest BCUT2D eigenvalue weighted by atomic mass is 9.94. The SMILES string of the molecule is COCCN1C[C@@H](NC(=O)Nc2cc(-c3ccccc3)nn2C)[C@H](c2ccccc2)C1. The van der Waals surface area contributed by atoms with Gasteiger partial charge in [-0.1, -0.05) is 60.7 Å². The molecule has 2 amide bonds. The van der Waals surface area contributed by atoms with Crippen molar-refractivity contribution < 1.29 is 9.53 Å². The van der Waals surface area contributed by atoms with E-state index in [0.717, 1.165) is 30.9 Å². The molecule has 0 bridgehead atoms. The normalized spacial score (nSPS) is 18.8. The van der Waals surface area contributed by atoms with Crippen LogP contribution in [-0.4, -0.2) is 60.1 Å². The molecular formula is C24H29N5O2. The van der Waals surface area contributed by atoms with Crippen molar-refractivity contribution in [2.75, 3.05) is 38.7 Å². The van der Waals surface area contributed by atoms with E-state index >= 15 is 0 Å². The second-order valence-electron chi connectivity index (χ2n) is 7.88. The molecule has 162 valence electrons. The first-order valence-electron chi connectivity index (χ1n) is 10.6. The molecule has 31 heavy (non-hydrogen) atoms.